The summed E-state index contributed by atoms with van der Waals surface area (Å²) in [6.07, 6.45) is 1.67. The number of methoxy groups -OCH3 is 2. The number of rotatable bonds is 9. The van der Waals surface area contributed by atoms with Crippen molar-refractivity contribution < 1.29 is 29.0 Å². The molecule has 2 aromatic carbocycles. The largest absolute Gasteiger partial charge is 0.872 e. The van der Waals surface area contributed by atoms with Crippen LogP contribution in [-0.2, 0) is 6.54 Å². The van der Waals surface area contributed by atoms with Crippen molar-refractivity contribution >= 4 is 11.9 Å². The van der Waals surface area contributed by atoms with Crippen LogP contribution in [0.2, 0.25) is 0 Å². The lowest BCUT2D eigenvalue weighted by Gasteiger charge is -2.26. The zero-order chi connectivity index (χ0) is 23.4. The molecule has 1 aliphatic rings. The quantitative estimate of drug-likeness (QED) is 0.608. The van der Waals surface area contributed by atoms with Gasteiger partial charge in [0.05, 0.1) is 32.9 Å². The average molecular weight is 440 g/mol. The molecule has 1 N–H and O–H groups in total. The molecule has 0 spiro atoms. The molecule has 0 fully saturated rings. The number of carbonyl (C=O) groups excluding carboxylic acids is 1. The molecule has 1 heterocycles. The maximum absolute atomic E-state index is 13.0. The summed E-state index contributed by atoms with van der Waals surface area (Å²) in [7, 11) is 3.13. The minimum atomic E-state index is -0.217. The highest BCUT2D eigenvalue weighted by molar-refractivity contribution is 6.15. The molecule has 3 rings (SSSR count). The third-order valence-electron chi connectivity index (χ3n) is 5.42. The average Bonchev–Trinajstić information content (AvgIpc) is 3.04. The molecule has 2 aromatic rings. The van der Waals surface area contributed by atoms with Crippen LogP contribution in [0, 0.1) is 11.8 Å². The van der Waals surface area contributed by atoms with E-state index < -0.39 is 0 Å². The lowest BCUT2D eigenvalue weighted by molar-refractivity contribution is -0.919. The van der Waals surface area contributed by atoms with E-state index in [2.05, 4.69) is 27.7 Å². The van der Waals surface area contributed by atoms with Crippen molar-refractivity contribution in [3.63, 3.8) is 0 Å². The number of ketones is 1. The fourth-order valence-corrected chi connectivity index (χ4v) is 4.18. The number of allylic oxidation sites excluding steroid dienone is 1. The van der Waals surface area contributed by atoms with Crippen LogP contribution in [0.3, 0.4) is 0 Å². The molecule has 0 atom stereocenters. The fourth-order valence-electron chi connectivity index (χ4n) is 4.18. The van der Waals surface area contributed by atoms with Crippen LogP contribution in [-0.4, -0.2) is 33.1 Å². The summed E-state index contributed by atoms with van der Waals surface area (Å²) < 4.78 is 16.6. The normalized spacial score (nSPS) is 14.4. The Hall–Kier alpha value is -2.99. The van der Waals surface area contributed by atoms with Gasteiger partial charge in [0.15, 0.2) is 17.3 Å². The van der Waals surface area contributed by atoms with Crippen LogP contribution >= 0.6 is 0 Å². The van der Waals surface area contributed by atoms with E-state index in [1.807, 2.05) is 6.07 Å². The molecule has 6 nitrogen and oxygen atoms in total. The summed E-state index contributed by atoms with van der Waals surface area (Å²) in [6.45, 7) is 11.1. The number of hydrogen-bond acceptors (Lipinski definition) is 5. The van der Waals surface area contributed by atoms with Gasteiger partial charge >= 0.3 is 0 Å². The molecule has 32 heavy (non-hydrogen) atoms. The molecule has 0 amide bonds. The third kappa shape index (κ3) is 5.25. The van der Waals surface area contributed by atoms with Crippen LogP contribution < -0.4 is 24.2 Å². The van der Waals surface area contributed by atoms with Crippen molar-refractivity contribution in [2.24, 2.45) is 11.8 Å². The first-order chi connectivity index (χ1) is 15.2. The predicted molar refractivity (Wildman–Crippen MR) is 122 cm³/mol. The van der Waals surface area contributed by atoms with Crippen molar-refractivity contribution in [1.29, 1.82) is 0 Å². The van der Waals surface area contributed by atoms with Gasteiger partial charge in [-0.05, 0) is 29.8 Å². The minimum Gasteiger partial charge on any atom is -0.872 e. The molecule has 0 bridgehead atoms. The highest BCUT2D eigenvalue weighted by atomic mass is 16.5. The Bertz CT molecular complexity index is 1000. The van der Waals surface area contributed by atoms with Gasteiger partial charge in [0, 0.05) is 17.4 Å². The summed E-state index contributed by atoms with van der Waals surface area (Å²) in [5, 5.41) is 12.8. The molecule has 0 saturated carbocycles. The summed E-state index contributed by atoms with van der Waals surface area (Å²) >= 11 is 0. The summed E-state index contributed by atoms with van der Waals surface area (Å²) in [5.41, 5.74) is 1.76. The number of hydrogen-bond donors (Lipinski definition) is 1. The van der Waals surface area contributed by atoms with Gasteiger partial charge in [-0.15, -0.1) is 0 Å². The Kier molecular flexibility index (Phi) is 7.46. The highest BCUT2D eigenvalue weighted by Gasteiger charge is 2.31. The summed E-state index contributed by atoms with van der Waals surface area (Å²) in [4.78, 5) is 14.3. The van der Waals surface area contributed by atoms with E-state index in [0.717, 1.165) is 18.7 Å². The molecule has 0 radical (unpaired) electrons. The number of Topliss-reactive ketones (excluding diaryl/α,β-unsaturated/α-hetero) is 1. The topological polar surface area (TPSA) is 72.3 Å². The fraction of sp³-hybridized carbons (Fsp3) is 0.423. The first kappa shape index (κ1) is 23.7. The van der Waals surface area contributed by atoms with Crippen molar-refractivity contribution in [2.75, 3.05) is 27.3 Å². The van der Waals surface area contributed by atoms with Gasteiger partial charge in [-0.2, -0.15) is 0 Å². The van der Waals surface area contributed by atoms with Crippen molar-refractivity contribution in [2.45, 2.75) is 34.2 Å². The zero-order valence-corrected chi connectivity index (χ0v) is 19.8. The van der Waals surface area contributed by atoms with E-state index in [1.165, 1.54) is 11.0 Å². The van der Waals surface area contributed by atoms with Crippen LogP contribution in [0.5, 0.6) is 23.0 Å². The standard InChI is InChI=1S/C26H33NO5/c1-16(2)13-27(14-17(3)4)15-20-21(28)9-8-19-25(29)24(32-26(19)20)12-18-7-10-22(30-5)23(11-18)31-6/h7-12,16-17,28H,13-15H2,1-6H3/b24-12-. The van der Waals surface area contributed by atoms with Gasteiger partial charge in [0.2, 0.25) is 5.78 Å². The van der Waals surface area contributed by atoms with Crippen molar-refractivity contribution in [1.82, 2.24) is 0 Å². The first-order valence-electron chi connectivity index (χ1n) is 11.1. The Labute approximate surface area is 190 Å². The summed E-state index contributed by atoms with van der Waals surface area (Å²) in [5.74, 6) is 2.46. The number of carbonyl (C=O) groups is 1. The van der Waals surface area contributed by atoms with Gasteiger partial charge < -0.3 is 24.2 Å². The summed E-state index contributed by atoms with van der Waals surface area (Å²) in [6, 6.07) is 8.44. The number of ether oxygens (including phenoxy) is 3. The molecule has 0 aliphatic carbocycles. The number of fused-ring (bicyclic) bond motifs is 1. The smallest absolute Gasteiger partial charge is 0.231 e. The molecule has 0 aromatic heterocycles. The maximum atomic E-state index is 13.0. The van der Waals surface area contributed by atoms with E-state index in [9.17, 15) is 9.90 Å². The van der Waals surface area contributed by atoms with Crippen LogP contribution in [0.4, 0.5) is 0 Å². The second kappa shape index (κ2) is 10.1. The van der Waals surface area contributed by atoms with Crippen molar-refractivity contribution in [3.8, 4) is 23.0 Å². The second-order valence-corrected chi connectivity index (χ2v) is 9.10. The maximum Gasteiger partial charge on any atom is 0.231 e. The first-order valence-corrected chi connectivity index (χ1v) is 11.1. The molecular weight excluding hydrogens is 406 g/mol. The Morgan fingerprint density at radius 2 is 1.66 bits per heavy atom. The number of nitrogens with one attached hydrogen (secondary N) is 1. The monoisotopic (exact) mass is 439 g/mol. The van der Waals surface area contributed by atoms with E-state index in [0.29, 0.717) is 46.8 Å². The molecular formula is C26H33NO5. The number of quaternary nitrogens is 1. The van der Waals surface area contributed by atoms with Gasteiger partial charge in [0.1, 0.15) is 12.3 Å². The van der Waals surface area contributed by atoms with Crippen molar-refractivity contribution in [3.05, 3.63) is 52.8 Å². The Morgan fingerprint density at radius 1 is 1.00 bits per heavy atom. The number of benzene rings is 2. The Morgan fingerprint density at radius 3 is 2.25 bits per heavy atom. The predicted octanol–water partition coefficient (Wildman–Crippen LogP) is 3.09. The Balaban J connectivity index is 1.93. The van der Waals surface area contributed by atoms with Crippen LogP contribution in [0.25, 0.3) is 6.08 Å². The molecule has 1 aliphatic heterocycles. The van der Waals surface area contributed by atoms with Gasteiger partial charge in [-0.1, -0.05) is 45.6 Å². The molecule has 6 heteroatoms. The van der Waals surface area contributed by atoms with E-state index >= 15 is 0 Å². The van der Waals surface area contributed by atoms with Crippen LogP contribution in [0.15, 0.2) is 36.1 Å². The molecule has 0 saturated heterocycles. The van der Waals surface area contributed by atoms with Gasteiger partial charge in [-0.25, -0.2) is 0 Å². The minimum absolute atomic E-state index is 0.0890. The zero-order valence-electron chi connectivity index (χ0n) is 19.8. The van der Waals surface area contributed by atoms with E-state index in [-0.39, 0.29) is 17.3 Å². The lowest BCUT2D eigenvalue weighted by Crippen LogP contribution is -3.11. The molecule has 172 valence electrons. The van der Waals surface area contributed by atoms with E-state index in [4.69, 9.17) is 14.2 Å². The van der Waals surface area contributed by atoms with Crippen LogP contribution in [0.1, 0.15) is 49.2 Å². The highest BCUT2D eigenvalue weighted by Crippen LogP contribution is 2.38. The van der Waals surface area contributed by atoms with Gasteiger partial charge in [0.25, 0.3) is 0 Å². The lowest BCUT2D eigenvalue weighted by atomic mass is 10.0. The van der Waals surface area contributed by atoms with Gasteiger partial charge in [-0.3, -0.25) is 4.79 Å². The second-order valence-electron chi connectivity index (χ2n) is 9.10. The SMILES string of the molecule is COc1ccc(/C=C2\Oc3c(ccc([O-])c3C[NH+](CC(C)C)CC(C)C)C2=O)cc1OC. The molecule has 0 unspecified atom stereocenters. The van der Waals surface area contributed by atoms with E-state index in [1.54, 1.807) is 38.5 Å². The third-order valence-corrected chi connectivity index (χ3v) is 5.42.